The fourth-order valence-corrected chi connectivity index (χ4v) is 7.72. The summed E-state index contributed by atoms with van der Waals surface area (Å²) in [5.41, 5.74) is 2.20. The number of carbonyl (C=O) groups is 4. The van der Waals surface area contributed by atoms with Gasteiger partial charge in [0.05, 0.1) is 25.3 Å². The van der Waals surface area contributed by atoms with Crippen LogP contribution in [0, 0.1) is 18.3 Å². The quantitative estimate of drug-likeness (QED) is 0.208. The third-order valence-electron chi connectivity index (χ3n) is 9.78. The van der Waals surface area contributed by atoms with Crippen molar-refractivity contribution < 1.29 is 43.2 Å². The zero-order chi connectivity index (χ0) is 36.1. The molecule has 1 aromatic rings. The number of aliphatic hydroxyl groups is 1. The molecule has 264 valence electrons. The summed E-state index contributed by atoms with van der Waals surface area (Å²) in [5, 5.41) is 27.4. The summed E-state index contributed by atoms with van der Waals surface area (Å²) >= 11 is 0. The van der Waals surface area contributed by atoms with E-state index in [0.717, 1.165) is 16.7 Å². The number of likely N-dealkylation sites (N-methyl/N-ethyl adjacent to an activating group) is 1. The van der Waals surface area contributed by atoms with Crippen molar-refractivity contribution in [2.75, 3.05) is 34.6 Å². The summed E-state index contributed by atoms with van der Waals surface area (Å²) in [7, 11) is 5.02. The van der Waals surface area contributed by atoms with E-state index in [1.807, 2.05) is 24.9 Å². The van der Waals surface area contributed by atoms with Crippen LogP contribution in [-0.4, -0.2) is 109 Å². The van der Waals surface area contributed by atoms with Crippen LogP contribution in [0.5, 0.6) is 11.5 Å². The van der Waals surface area contributed by atoms with Crippen LogP contribution in [0.15, 0.2) is 28.5 Å². The normalized spacial score (nSPS) is 25.8. The van der Waals surface area contributed by atoms with E-state index in [9.17, 15) is 29.5 Å². The average molecular weight is 680 g/mol. The topological polar surface area (TPSA) is 180 Å². The van der Waals surface area contributed by atoms with Crippen LogP contribution in [0.25, 0.3) is 0 Å². The molecule has 0 aromatic heterocycles. The number of piperazine rings is 1. The van der Waals surface area contributed by atoms with Gasteiger partial charge in [-0.2, -0.15) is 5.26 Å². The molecule has 6 atom stereocenters. The van der Waals surface area contributed by atoms with E-state index in [4.69, 9.17) is 18.9 Å². The van der Waals surface area contributed by atoms with Gasteiger partial charge in [-0.1, -0.05) is 6.07 Å². The summed E-state index contributed by atoms with van der Waals surface area (Å²) in [6, 6.07) is 0.496. The van der Waals surface area contributed by atoms with E-state index in [2.05, 4.69) is 21.6 Å². The predicted molar refractivity (Wildman–Crippen MR) is 176 cm³/mol. The number of ketones is 2. The maximum atomic E-state index is 13.7. The van der Waals surface area contributed by atoms with Crippen LogP contribution in [0.4, 0.5) is 4.79 Å². The number of ether oxygens (including phenoxy) is 4. The van der Waals surface area contributed by atoms with Gasteiger partial charge in [-0.05, 0) is 72.6 Å². The monoisotopic (exact) mass is 679 g/mol. The minimum atomic E-state index is -1.01. The van der Waals surface area contributed by atoms with Crippen molar-refractivity contribution in [2.24, 2.45) is 0 Å². The second kappa shape index (κ2) is 13.5. The third kappa shape index (κ3) is 6.26. The van der Waals surface area contributed by atoms with Gasteiger partial charge in [0.1, 0.15) is 23.4 Å². The molecule has 4 aliphatic rings. The zero-order valence-electron chi connectivity index (χ0n) is 29.4. The number of amides is 2. The van der Waals surface area contributed by atoms with Crippen molar-refractivity contribution in [3.05, 3.63) is 45.2 Å². The third-order valence-corrected chi connectivity index (χ3v) is 9.78. The molecule has 3 N–H and O–H groups in total. The SMILES string of the molecule is COCOc1c(OC)c(C)cc2c1[C@@H]1C3CC4=C(C(=O)C(=O)C(C)=C4O)[C@H](CNC(=O)[C@@H](C)NC(=O)OC(C)(C)C)N3[C@@H](C#N)[C@H](C2)N1C. The van der Waals surface area contributed by atoms with Gasteiger partial charge < -0.3 is 34.7 Å². The second-order valence-electron chi connectivity index (χ2n) is 14.0. The number of nitrogens with zero attached hydrogens (tertiary/aromatic N) is 3. The average Bonchev–Trinajstić information content (AvgIpc) is 3.03. The Morgan fingerprint density at radius 3 is 2.43 bits per heavy atom. The molecule has 1 unspecified atom stereocenters. The number of rotatable bonds is 8. The number of alkyl carbamates (subject to hydrolysis) is 1. The zero-order valence-corrected chi connectivity index (χ0v) is 29.4. The largest absolute Gasteiger partial charge is 0.507 e. The van der Waals surface area contributed by atoms with Crippen LogP contribution in [-0.2, 0) is 30.3 Å². The first-order valence-corrected chi connectivity index (χ1v) is 16.3. The number of nitrogens with one attached hydrogen (secondary N) is 2. The number of hydrogen-bond donors (Lipinski definition) is 3. The van der Waals surface area contributed by atoms with E-state index >= 15 is 0 Å². The molecule has 1 aliphatic carbocycles. The predicted octanol–water partition coefficient (Wildman–Crippen LogP) is 2.54. The maximum absolute atomic E-state index is 13.7. The van der Waals surface area contributed by atoms with Crippen LogP contribution >= 0.6 is 0 Å². The van der Waals surface area contributed by atoms with Crippen molar-refractivity contribution in [3.8, 4) is 17.6 Å². The second-order valence-corrected chi connectivity index (χ2v) is 14.0. The Kier molecular flexibility index (Phi) is 9.84. The van der Waals surface area contributed by atoms with Gasteiger partial charge in [0.15, 0.2) is 18.3 Å². The lowest BCUT2D eigenvalue weighted by molar-refractivity contribution is -0.134. The van der Waals surface area contributed by atoms with Gasteiger partial charge in [-0.15, -0.1) is 0 Å². The lowest BCUT2D eigenvalue weighted by atomic mass is 9.70. The number of benzene rings is 1. The number of methoxy groups -OCH3 is 2. The smallest absolute Gasteiger partial charge is 0.408 e. The lowest BCUT2D eigenvalue weighted by Crippen LogP contribution is -2.71. The van der Waals surface area contributed by atoms with E-state index < -0.39 is 59.4 Å². The molecule has 0 radical (unpaired) electrons. The Morgan fingerprint density at radius 2 is 1.82 bits per heavy atom. The summed E-state index contributed by atoms with van der Waals surface area (Å²) in [5.74, 6) is -1.42. The highest BCUT2D eigenvalue weighted by Gasteiger charge is 2.57. The first-order valence-electron chi connectivity index (χ1n) is 16.3. The van der Waals surface area contributed by atoms with Gasteiger partial charge in [0.2, 0.25) is 17.5 Å². The fourth-order valence-electron chi connectivity index (χ4n) is 7.72. The van der Waals surface area contributed by atoms with Gasteiger partial charge in [-0.25, -0.2) is 4.79 Å². The van der Waals surface area contributed by atoms with E-state index in [1.54, 1.807) is 27.9 Å². The van der Waals surface area contributed by atoms with Gasteiger partial charge >= 0.3 is 6.09 Å². The molecule has 14 heteroatoms. The van der Waals surface area contributed by atoms with Gasteiger partial charge in [0, 0.05) is 48.0 Å². The lowest BCUT2D eigenvalue weighted by Gasteiger charge is -2.60. The number of Topliss-reactive ketones (excluding diaryl/α,β-unsaturated/α-hetero) is 2. The summed E-state index contributed by atoms with van der Waals surface area (Å²) in [4.78, 5) is 56.6. The van der Waals surface area contributed by atoms with Gasteiger partial charge in [-0.3, -0.25) is 24.2 Å². The standard InChI is InChI=1S/C35H45N5O9/c1-16-10-19-11-21-23(13-36)40-22(27(39(21)7)25(19)32(31(16)47-9)48-15-46-8)12-20-26(30(43)29(42)17(2)28(20)41)24(40)14-37-33(44)18(3)38-34(45)49-35(4,5)6/h10,18,21-24,27,41H,11-12,14-15H2,1-9H3,(H,37,44)(H,38,45)/t18-,21+,22?,23+,24+,27+/m1/s1. The molecule has 3 aliphatic heterocycles. The highest BCUT2D eigenvalue weighted by atomic mass is 16.7. The van der Waals surface area contributed by atoms with Crippen molar-refractivity contribution >= 4 is 23.6 Å². The van der Waals surface area contributed by atoms with Crippen molar-refractivity contribution in [1.29, 1.82) is 5.26 Å². The van der Waals surface area contributed by atoms with Crippen LogP contribution in [0.1, 0.15) is 63.8 Å². The molecule has 14 nitrogen and oxygen atoms in total. The van der Waals surface area contributed by atoms with Crippen LogP contribution < -0.4 is 20.1 Å². The van der Waals surface area contributed by atoms with E-state index in [1.165, 1.54) is 21.0 Å². The molecule has 3 heterocycles. The van der Waals surface area contributed by atoms with Crippen LogP contribution in [0.2, 0.25) is 0 Å². The molecule has 1 saturated heterocycles. The Hall–Kier alpha value is -4.45. The molecule has 0 saturated carbocycles. The molecule has 2 bridgehead atoms. The molecule has 0 spiro atoms. The molecule has 5 rings (SSSR count). The summed E-state index contributed by atoms with van der Waals surface area (Å²) in [6.45, 7) is 9.71. The molecular weight excluding hydrogens is 634 g/mol. The first kappa shape index (κ1) is 35.8. The van der Waals surface area contributed by atoms with Crippen LogP contribution in [0.3, 0.4) is 0 Å². The maximum Gasteiger partial charge on any atom is 0.408 e. The van der Waals surface area contributed by atoms with Gasteiger partial charge in [0.25, 0.3) is 0 Å². The number of allylic oxidation sites excluding steroid dienone is 2. The summed E-state index contributed by atoms with van der Waals surface area (Å²) < 4.78 is 22.5. The minimum absolute atomic E-state index is 0.0415. The van der Waals surface area contributed by atoms with Crippen molar-refractivity contribution in [1.82, 2.24) is 20.4 Å². The highest BCUT2D eigenvalue weighted by molar-refractivity contribution is 6.50. The fraction of sp³-hybridized carbons (Fsp3) is 0.571. The van der Waals surface area contributed by atoms with Crippen molar-refractivity contribution in [3.63, 3.8) is 0 Å². The molecular formula is C35H45N5O9. The molecule has 1 fully saturated rings. The number of carbonyl (C=O) groups excluding carboxylic acids is 4. The molecule has 49 heavy (non-hydrogen) atoms. The van der Waals surface area contributed by atoms with E-state index in [-0.39, 0.29) is 42.7 Å². The minimum Gasteiger partial charge on any atom is -0.507 e. The Balaban J connectivity index is 1.61. The van der Waals surface area contributed by atoms with E-state index in [0.29, 0.717) is 23.5 Å². The number of hydrogen-bond acceptors (Lipinski definition) is 12. The van der Waals surface area contributed by atoms with Crippen molar-refractivity contribution in [2.45, 2.75) is 96.2 Å². The summed E-state index contributed by atoms with van der Waals surface area (Å²) in [6.07, 6.45) is -0.168. The number of aliphatic hydroxyl groups excluding tert-OH is 1. The number of fused-ring (bicyclic) bond motifs is 6. The molecule has 1 aromatic carbocycles. The number of nitriles is 1. The Bertz CT molecular complexity index is 1690. The number of aryl methyl sites for hydroxylation is 1. The Labute approximate surface area is 286 Å². The highest BCUT2D eigenvalue weighted by Crippen LogP contribution is 2.54. The Morgan fingerprint density at radius 1 is 1.12 bits per heavy atom. The first-order chi connectivity index (χ1) is 23.1. The molecule has 2 amide bonds.